The fourth-order valence-electron chi connectivity index (χ4n) is 1.75. The number of hydrogen-bond acceptors (Lipinski definition) is 6. The summed E-state index contributed by atoms with van der Waals surface area (Å²) in [6, 6.07) is 5.71. The third-order valence-corrected chi connectivity index (χ3v) is 2.96. The van der Waals surface area contributed by atoms with Crippen molar-refractivity contribution < 1.29 is 4.42 Å². The van der Waals surface area contributed by atoms with Crippen molar-refractivity contribution in [2.75, 3.05) is 7.05 Å². The number of hydrogen-bond donors (Lipinski definition) is 1. The Morgan fingerprint density at radius 3 is 2.68 bits per heavy atom. The second-order valence-electron chi connectivity index (χ2n) is 4.22. The lowest BCUT2D eigenvalue weighted by molar-refractivity contribution is 0.441. The third-order valence-electron chi connectivity index (χ3n) is 2.96. The van der Waals surface area contributed by atoms with Gasteiger partial charge in [-0.1, -0.05) is 0 Å². The Bertz CT molecular complexity index is 709. The highest BCUT2D eigenvalue weighted by atomic mass is 16.4. The van der Waals surface area contributed by atoms with Gasteiger partial charge in [-0.2, -0.15) is 0 Å². The minimum absolute atomic E-state index is 0.0292. The molecule has 0 aliphatic heterocycles. The summed E-state index contributed by atoms with van der Waals surface area (Å²) in [7, 11) is 1.85. The molecule has 96 valence electrons. The summed E-state index contributed by atoms with van der Waals surface area (Å²) in [4.78, 5) is 8.48. The summed E-state index contributed by atoms with van der Waals surface area (Å²) in [5.41, 5.74) is 2.49. The molecule has 19 heavy (non-hydrogen) atoms. The molecule has 0 radical (unpaired) electrons. The molecular weight excluding hydrogens is 242 g/mol. The van der Waals surface area contributed by atoms with Crippen LogP contribution in [0.5, 0.6) is 0 Å². The topological polar surface area (TPSA) is 76.7 Å². The number of nitrogens with zero attached hydrogens (tertiary/aromatic N) is 4. The Kier molecular flexibility index (Phi) is 2.92. The number of nitrogens with one attached hydrogen (secondary N) is 1. The van der Waals surface area contributed by atoms with E-state index in [2.05, 4.69) is 25.5 Å². The lowest BCUT2D eigenvalue weighted by Gasteiger charge is -2.02. The Morgan fingerprint density at radius 2 is 1.89 bits per heavy atom. The zero-order valence-corrected chi connectivity index (χ0v) is 10.7. The molecule has 0 saturated carbocycles. The van der Waals surface area contributed by atoms with Gasteiger partial charge in [0.15, 0.2) is 0 Å². The average molecular weight is 255 g/mol. The minimum atomic E-state index is 0.0292. The predicted molar refractivity (Wildman–Crippen MR) is 70.3 cm³/mol. The lowest BCUT2D eigenvalue weighted by Crippen LogP contribution is -2.12. The van der Waals surface area contributed by atoms with Gasteiger partial charge in [0, 0.05) is 18.0 Å². The number of aromatic nitrogens is 4. The maximum Gasteiger partial charge on any atom is 0.247 e. The highest BCUT2D eigenvalue weighted by Crippen LogP contribution is 2.22. The molecule has 1 aromatic carbocycles. The molecule has 0 spiro atoms. The number of fused-ring (bicyclic) bond motifs is 1. The van der Waals surface area contributed by atoms with E-state index in [-0.39, 0.29) is 6.04 Å². The first-order chi connectivity index (χ1) is 9.28. The Hall–Kier alpha value is -2.34. The van der Waals surface area contributed by atoms with Crippen LogP contribution in [0.15, 0.2) is 35.0 Å². The van der Waals surface area contributed by atoms with E-state index in [0.29, 0.717) is 11.8 Å². The summed E-state index contributed by atoms with van der Waals surface area (Å²) in [6.07, 6.45) is 3.33. The molecule has 2 heterocycles. The van der Waals surface area contributed by atoms with Gasteiger partial charge in [-0.3, -0.25) is 9.97 Å². The molecule has 3 rings (SSSR count). The highest BCUT2D eigenvalue weighted by Gasteiger charge is 2.13. The normalized spacial score (nSPS) is 12.7. The van der Waals surface area contributed by atoms with E-state index in [1.165, 1.54) is 0 Å². The van der Waals surface area contributed by atoms with Crippen LogP contribution in [0.25, 0.3) is 22.5 Å². The maximum atomic E-state index is 5.64. The van der Waals surface area contributed by atoms with E-state index in [1.54, 1.807) is 12.4 Å². The van der Waals surface area contributed by atoms with Gasteiger partial charge in [-0.15, -0.1) is 10.2 Å². The van der Waals surface area contributed by atoms with Gasteiger partial charge in [-0.05, 0) is 32.2 Å². The predicted octanol–water partition coefficient (Wildman–Crippen LogP) is 1.96. The highest BCUT2D eigenvalue weighted by molar-refractivity contribution is 5.78. The van der Waals surface area contributed by atoms with E-state index < -0.39 is 0 Å². The molecule has 1 atom stereocenters. The molecule has 0 saturated heterocycles. The van der Waals surface area contributed by atoms with E-state index in [4.69, 9.17) is 4.42 Å². The van der Waals surface area contributed by atoms with Crippen molar-refractivity contribution in [3.8, 4) is 11.5 Å². The van der Waals surface area contributed by atoms with Gasteiger partial charge < -0.3 is 9.73 Å². The van der Waals surface area contributed by atoms with Crippen LogP contribution in [-0.4, -0.2) is 27.2 Å². The van der Waals surface area contributed by atoms with Gasteiger partial charge in [0.1, 0.15) is 0 Å². The van der Waals surface area contributed by atoms with Crippen LogP contribution in [0.2, 0.25) is 0 Å². The van der Waals surface area contributed by atoms with Crippen molar-refractivity contribution in [2.24, 2.45) is 0 Å². The largest absolute Gasteiger partial charge is 0.419 e. The molecule has 1 N–H and O–H groups in total. The second kappa shape index (κ2) is 4.74. The second-order valence-corrected chi connectivity index (χ2v) is 4.22. The smallest absolute Gasteiger partial charge is 0.247 e. The number of benzene rings is 1. The quantitative estimate of drug-likeness (QED) is 0.771. The standard InChI is InChI=1S/C13H13N5O/c1-8(14-2)12-17-18-13(19-12)9-3-4-10-11(7-9)16-6-5-15-10/h3-8,14H,1-2H3. The van der Waals surface area contributed by atoms with E-state index in [0.717, 1.165) is 16.6 Å². The Morgan fingerprint density at radius 1 is 1.11 bits per heavy atom. The molecule has 6 heteroatoms. The van der Waals surface area contributed by atoms with Gasteiger partial charge in [-0.25, -0.2) is 0 Å². The zero-order chi connectivity index (χ0) is 13.2. The fourth-order valence-corrected chi connectivity index (χ4v) is 1.75. The lowest BCUT2D eigenvalue weighted by atomic mass is 10.2. The first-order valence-corrected chi connectivity index (χ1v) is 6.00. The first-order valence-electron chi connectivity index (χ1n) is 6.00. The van der Waals surface area contributed by atoms with Crippen molar-refractivity contribution in [3.05, 3.63) is 36.5 Å². The molecule has 3 aromatic rings. The number of rotatable bonds is 3. The van der Waals surface area contributed by atoms with Crippen molar-refractivity contribution in [2.45, 2.75) is 13.0 Å². The van der Waals surface area contributed by atoms with Crippen LogP contribution < -0.4 is 5.32 Å². The third kappa shape index (κ3) is 2.17. The summed E-state index contributed by atoms with van der Waals surface area (Å²) < 4.78 is 5.64. The van der Waals surface area contributed by atoms with Crippen molar-refractivity contribution >= 4 is 11.0 Å². The van der Waals surface area contributed by atoms with Gasteiger partial charge in [0.25, 0.3) is 0 Å². The van der Waals surface area contributed by atoms with Crippen LogP contribution in [0.4, 0.5) is 0 Å². The minimum Gasteiger partial charge on any atom is -0.419 e. The maximum absolute atomic E-state index is 5.64. The zero-order valence-electron chi connectivity index (χ0n) is 10.7. The van der Waals surface area contributed by atoms with Gasteiger partial charge in [0.05, 0.1) is 17.1 Å². The van der Waals surface area contributed by atoms with Crippen LogP contribution in [0.1, 0.15) is 18.9 Å². The van der Waals surface area contributed by atoms with E-state index >= 15 is 0 Å². The van der Waals surface area contributed by atoms with Gasteiger partial charge in [0.2, 0.25) is 11.8 Å². The molecule has 0 bridgehead atoms. The fraction of sp³-hybridized carbons (Fsp3) is 0.231. The summed E-state index contributed by atoms with van der Waals surface area (Å²) in [5.74, 6) is 1.06. The summed E-state index contributed by atoms with van der Waals surface area (Å²) in [5, 5.41) is 11.1. The van der Waals surface area contributed by atoms with Gasteiger partial charge >= 0.3 is 0 Å². The Labute approximate surface area is 109 Å². The monoisotopic (exact) mass is 255 g/mol. The van der Waals surface area contributed by atoms with Crippen molar-refractivity contribution in [3.63, 3.8) is 0 Å². The van der Waals surface area contributed by atoms with Crippen LogP contribution in [-0.2, 0) is 0 Å². The van der Waals surface area contributed by atoms with Crippen LogP contribution in [0.3, 0.4) is 0 Å². The average Bonchev–Trinajstić information content (AvgIpc) is 2.95. The molecule has 1 unspecified atom stereocenters. The van der Waals surface area contributed by atoms with Crippen molar-refractivity contribution in [1.82, 2.24) is 25.5 Å². The first kappa shape index (κ1) is 11.7. The van der Waals surface area contributed by atoms with Crippen LogP contribution in [0, 0.1) is 0 Å². The molecule has 0 aliphatic rings. The molecule has 0 fully saturated rings. The molecule has 0 amide bonds. The molecule has 2 aromatic heterocycles. The van der Waals surface area contributed by atoms with E-state index in [1.807, 2.05) is 32.2 Å². The Balaban J connectivity index is 2.01. The molecule has 6 nitrogen and oxygen atoms in total. The molecular formula is C13H13N5O. The summed E-state index contributed by atoms with van der Waals surface area (Å²) >= 11 is 0. The van der Waals surface area contributed by atoms with Crippen molar-refractivity contribution in [1.29, 1.82) is 0 Å². The van der Waals surface area contributed by atoms with Crippen LogP contribution >= 0.6 is 0 Å². The SMILES string of the molecule is CNC(C)c1nnc(-c2ccc3nccnc3c2)o1. The van der Waals surface area contributed by atoms with E-state index in [9.17, 15) is 0 Å². The summed E-state index contributed by atoms with van der Waals surface area (Å²) in [6.45, 7) is 1.96. The molecule has 0 aliphatic carbocycles.